The summed E-state index contributed by atoms with van der Waals surface area (Å²) in [6, 6.07) is 131. The van der Waals surface area contributed by atoms with E-state index in [0.29, 0.717) is 0 Å². The fourth-order valence-corrected chi connectivity index (χ4v) is 16.3. The van der Waals surface area contributed by atoms with E-state index in [-0.39, 0.29) is 0 Å². The molecule has 6 heterocycles. The van der Waals surface area contributed by atoms with Crippen molar-refractivity contribution in [3.63, 3.8) is 0 Å². The number of hydrogen-bond acceptors (Lipinski definition) is 2. The van der Waals surface area contributed by atoms with E-state index in [1.807, 2.05) is 24.3 Å². The van der Waals surface area contributed by atoms with E-state index in [9.17, 15) is 0 Å². The minimum Gasteiger partial charge on any atom is -0.456 e. The van der Waals surface area contributed by atoms with Crippen LogP contribution in [0.1, 0.15) is 0 Å². The number of fused-ring (bicyclic) bond motifs is 18. The Balaban J connectivity index is 0.000000133. The SMILES string of the molecule is c1ccc(-n2c3ccccc3c3cc(-c4ccc5c(c4)c4ccccc4n5-c4ccc(-c5ccc6oc7ccccc7c6c5)cc4)ccc32)cc1.c1ccc(-n2c3ccccc3c3cc(-c4ccc5c(c4)c4ccccc4n5-c4cccc(-c5ccc6oc7ccccc7c6c5)c4)ccc32)cc1. The van der Waals surface area contributed by atoms with Crippen LogP contribution in [0.2, 0.25) is 0 Å². The van der Waals surface area contributed by atoms with Crippen molar-refractivity contribution >= 4 is 131 Å². The molecule has 0 aliphatic heterocycles. The van der Waals surface area contributed by atoms with Gasteiger partial charge in [0, 0.05) is 87.4 Å². The van der Waals surface area contributed by atoms with Crippen molar-refractivity contribution in [2.24, 2.45) is 0 Å². The average molecular weight is 1300 g/mol. The van der Waals surface area contributed by atoms with Crippen molar-refractivity contribution in [2.75, 3.05) is 0 Å². The largest absolute Gasteiger partial charge is 0.456 e. The van der Waals surface area contributed by atoms with Crippen LogP contribution < -0.4 is 0 Å². The van der Waals surface area contributed by atoms with Gasteiger partial charge < -0.3 is 27.1 Å². The Labute approximate surface area is 585 Å². The Morgan fingerprint density at radius 2 is 0.392 bits per heavy atom. The summed E-state index contributed by atoms with van der Waals surface area (Å²) in [6.07, 6.45) is 0. The molecule has 0 atom stereocenters. The maximum atomic E-state index is 6.12. The summed E-state index contributed by atoms with van der Waals surface area (Å²) in [5, 5.41) is 14.6. The molecule has 0 saturated heterocycles. The molecular formula is C96H60N4O2. The Bertz CT molecular complexity index is 7120. The van der Waals surface area contributed by atoms with Gasteiger partial charge in [0.25, 0.3) is 0 Å². The summed E-state index contributed by atoms with van der Waals surface area (Å²) in [7, 11) is 0. The Hall–Kier alpha value is -13.7. The number of furan rings is 2. The molecule has 6 nitrogen and oxygen atoms in total. The molecule has 0 spiro atoms. The van der Waals surface area contributed by atoms with Crippen LogP contribution in [0.3, 0.4) is 0 Å². The lowest BCUT2D eigenvalue weighted by Gasteiger charge is -2.11. The minimum absolute atomic E-state index is 0.912. The third kappa shape index (κ3) is 9.13. The molecule has 0 bridgehead atoms. The first kappa shape index (κ1) is 57.4. The van der Waals surface area contributed by atoms with Gasteiger partial charge in [0.05, 0.1) is 44.1 Å². The van der Waals surface area contributed by atoms with E-state index in [1.165, 1.54) is 143 Å². The lowest BCUT2D eigenvalue weighted by Crippen LogP contribution is -1.94. The van der Waals surface area contributed by atoms with Crippen LogP contribution in [0.4, 0.5) is 0 Å². The zero-order valence-electron chi connectivity index (χ0n) is 55.2. The molecule has 6 aromatic heterocycles. The molecule has 6 heteroatoms. The lowest BCUT2D eigenvalue weighted by atomic mass is 10.0. The molecule has 0 aliphatic rings. The maximum Gasteiger partial charge on any atom is 0.135 e. The van der Waals surface area contributed by atoms with Gasteiger partial charge in [-0.2, -0.15) is 0 Å². The predicted molar refractivity (Wildman–Crippen MR) is 427 cm³/mol. The summed E-state index contributed by atoms with van der Waals surface area (Å²) in [4.78, 5) is 0. The van der Waals surface area contributed by atoms with Crippen LogP contribution in [0.15, 0.2) is 373 Å². The molecule has 476 valence electrons. The third-order valence-electron chi connectivity index (χ3n) is 21.0. The van der Waals surface area contributed by atoms with Gasteiger partial charge in [-0.05, 0) is 202 Å². The van der Waals surface area contributed by atoms with E-state index >= 15 is 0 Å². The summed E-state index contributed by atoms with van der Waals surface area (Å²) in [5.41, 5.74) is 27.5. The standard InChI is InChI=1S/2C48H30N2O/c1-2-12-35(13-3-1)49-43-18-7-4-15-37(43)40-28-32(21-24-45(40)49)33-22-25-46-41(29-33)38-16-5-8-19-44(38)50(46)36-14-10-11-31(27-36)34-23-26-48-42(30-34)39-17-6-9-20-47(39)51-48;1-2-10-35(11-3-1)49-43-15-7-4-12-37(43)40-28-33(20-25-45(40)49)34-21-26-46-41(29-34)38-13-5-8-16-44(38)50(46)36-23-18-31(19-24-36)32-22-27-48-42(30-32)39-14-6-9-17-47(39)51-48/h2*1-30H. The highest BCUT2D eigenvalue weighted by molar-refractivity contribution is 6.16. The van der Waals surface area contributed by atoms with Gasteiger partial charge in [0.2, 0.25) is 0 Å². The molecule has 0 aliphatic carbocycles. The fraction of sp³-hybridized carbons (Fsp3) is 0. The Kier molecular flexibility index (Phi) is 12.9. The van der Waals surface area contributed by atoms with E-state index in [1.54, 1.807) is 0 Å². The first-order valence-electron chi connectivity index (χ1n) is 34.9. The molecule has 0 unspecified atom stereocenters. The summed E-state index contributed by atoms with van der Waals surface area (Å²) in [6.45, 7) is 0. The van der Waals surface area contributed by atoms with E-state index < -0.39 is 0 Å². The van der Waals surface area contributed by atoms with Gasteiger partial charge in [-0.1, -0.05) is 206 Å². The summed E-state index contributed by atoms with van der Waals surface area (Å²) >= 11 is 0. The first-order valence-corrected chi connectivity index (χ1v) is 34.9. The highest BCUT2D eigenvalue weighted by Gasteiger charge is 2.21. The maximum absolute atomic E-state index is 6.12. The van der Waals surface area contributed by atoms with Crippen molar-refractivity contribution in [3.05, 3.63) is 364 Å². The average Bonchev–Trinajstić information content (AvgIpc) is 1.58. The van der Waals surface area contributed by atoms with Crippen LogP contribution in [0.25, 0.3) is 198 Å². The zero-order valence-corrected chi connectivity index (χ0v) is 55.2. The number of nitrogens with zero attached hydrogens (tertiary/aromatic N) is 4. The van der Waals surface area contributed by atoms with E-state index in [0.717, 1.165) is 55.3 Å². The third-order valence-corrected chi connectivity index (χ3v) is 21.0. The van der Waals surface area contributed by atoms with E-state index in [2.05, 4.69) is 358 Å². The van der Waals surface area contributed by atoms with Crippen LogP contribution >= 0.6 is 0 Å². The summed E-state index contributed by atoms with van der Waals surface area (Å²) in [5.74, 6) is 0. The number of benzene rings is 16. The van der Waals surface area contributed by atoms with Gasteiger partial charge in [0.1, 0.15) is 22.3 Å². The van der Waals surface area contributed by atoms with Crippen molar-refractivity contribution in [1.29, 1.82) is 0 Å². The normalized spacial score (nSPS) is 11.9. The number of rotatable bonds is 8. The zero-order chi connectivity index (χ0) is 66.9. The second-order valence-corrected chi connectivity index (χ2v) is 26.7. The number of aromatic nitrogens is 4. The highest BCUT2D eigenvalue weighted by Crippen LogP contribution is 2.43. The van der Waals surface area contributed by atoms with Gasteiger partial charge in [-0.15, -0.1) is 0 Å². The summed E-state index contributed by atoms with van der Waals surface area (Å²) < 4.78 is 21.7. The fourth-order valence-electron chi connectivity index (χ4n) is 16.3. The second kappa shape index (κ2) is 23.0. The minimum atomic E-state index is 0.912. The van der Waals surface area contributed by atoms with Crippen molar-refractivity contribution in [3.8, 4) is 67.3 Å². The lowest BCUT2D eigenvalue weighted by molar-refractivity contribution is 0.668. The molecule has 16 aromatic carbocycles. The number of hydrogen-bond donors (Lipinski definition) is 0. The molecule has 22 aromatic rings. The monoisotopic (exact) mass is 1300 g/mol. The molecule has 0 amide bonds. The molecule has 22 rings (SSSR count). The van der Waals surface area contributed by atoms with Gasteiger partial charge in [-0.3, -0.25) is 0 Å². The van der Waals surface area contributed by atoms with Gasteiger partial charge >= 0.3 is 0 Å². The van der Waals surface area contributed by atoms with Crippen molar-refractivity contribution in [2.45, 2.75) is 0 Å². The van der Waals surface area contributed by atoms with Gasteiger partial charge in [-0.25, -0.2) is 0 Å². The molecule has 0 saturated carbocycles. The smallest absolute Gasteiger partial charge is 0.135 e. The molecule has 0 N–H and O–H groups in total. The van der Waals surface area contributed by atoms with Crippen LogP contribution in [-0.2, 0) is 0 Å². The quantitative estimate of drug-likeness (QED) is 0.152. The highest BCUT2D eigenvalue weighted by atomic mass is 16.3. The molecule has 0 radical (unpaired) electrons. The number of para-hydroxylation sites is 8. The van der Waals surface area contributed by atoms with Crippen LogP contribution in [0.5, 0.6) is 0 Å². The second-order valence-electron chi connectivity index (χ2n) is 26.7. The molecule has 102 heavy (non-hydrogen) atoms. The first-order chi connectivity index (χ1) is 50.6. The van der Waals surface area contributed by atoms with E-state index in [4.69, 9.17) is 8.83 Å². The van der Waals surface area contributed by atoms with Crippen LogP contribution in [0, 0.1) is 0 Å². The van der Waals surface area contributed by atoms with Crippen molar-refractivity contribution < 1.29 is 8.83 Å². The molecule has 0 fully saturated rings. The topological polar surface area (TPSA) is 46.0 Å². The van der Waals surface area contributed by atoms with Gasteiger partial charge in [0.15, 0.2) is 0 Å². The Morgan fingerprint density at radius 1 is 0.137 bits per heavy atom. The predicted octanol–water partition coefficient (Wildman–Crippen LogP) is 26.2. The Morgan fingerprint density at radius 3 is 0.784 bits per heavy atom. The van der Waals surface area contributed by atoms with Crippen LogP contribution in [-0.4, -0.2) is 18.3 Å². The molecular weight excluding hydrogens is 1240 g/mol. The van der Waals surface area contributed by atoms with Crippen molar-refractivity contribution in [1.82, 2.24) is 18.3 Å².